The van der Waals surface area contributed by atoms with Gasteiger partial charge in [-0.1, -0.05) is 6.42 Å². The van der Waals surface area contributed by atoms with E-state index >= 15 is 0 Å². The van der Waals surface area contributed by atoms with Gasteiger partial charge in [-0.2, -0.15) is 0 Å². The lowest BCUT2D eigenvalue weighted by molar-refractivity contribution is -0.121. The molecule has 3 atom stereocenters. The van der Waals surface area contributed by atoms with Crippen LogP contribution in [0.25, 0.3) is 0 Å². The van der Waals surface area contributed by atoms with E-state index in [1.165, 1.54) is 0 Å². The number of amides is 1. The molecule has 0 spiro atoms. The molecule has 2 N–H and O–H groups in total. The maximum Gasteiger partial charge on any atom is 0.237 e. The predicted molar refractivity (Wildman–Crippen MR) is 51.7 cm³/mol. The molecule has 1 fully saturated rings. The first-order valence-electron chi connectivity index (χ1n) is 4.70. The van der Waals surface area contributed by atoms with Gasteiger partial charge in [0.1, 0.15) is 5.38 Å². The summed E-state index contributed by atoms with van der Waals surface area (Å²) in [6, 6.07) is 0.124. The summed E-state index contributed by atoms with van der Waals surface area (Å²) < 4.78 is 0. The third-order valence-corrected chi connectivity index (χ3v) is 2.78. The van der Waals surface area contributed by atoms with Gasteiger partial charge in [0.05, 0.1) is 0 Å². The molecule has 13 heavy (non-hydrogen) atoms. The Hall–Kier alpha value is -0.280. The Morgan fingerprint density at radius 2 is 2.38 bits per heavy atom. The molecule has 1 amide bonds. The molecule has 4 heteroatoms. The van der Waals surface area contributed by atoms with Crippen LogP contribution in [0.1, 0.15) is 26.2 Å². The molecule has 0 bridgehead atoms. The summed E-state index contributed by atoms with van der Waals surface area (Å²) in [6.45, 7) is 1.81. The minimum atomic E-state index is -0.486. The molecule has 0 heterocycles. The van der Waals surface area contributed by atoms with E-state index in [0.717, 1.165) is 19.3 Å². The standard InChI is InChI=1S/C9H16ClNO2/c1-6(10)9(13)11-8-4-2-3-7(8)5-12/h6-8,12H,2-5H2,1H3,(H,11,13). The van der Waals surface area contributed by atoms with Crippen LogP contribution in [0, 0.1) is 5.92 Å². The number of carbonyl (C=O) groups is 1. The summed E-state index contributed by atoms with van der Waals surface area (Å²) in [5.41, 5.74) is 0. The van der Waals surface area contributed by atoms with Gasteiger partial charge in [0.25, 0.3) is 0 Å². The third kappa shape index (κ3) is 2.85. The van der Waals surface area contributed by atoms with Crippen LogP contribution in [0.2, 0.25) is 0 Å². The van der Waals surface area contributed by atoms with E-state index < -0.39 is 5.38 Å². The number of aliphatic hydroxyl groups excluding tert-OH is 1. The van der Waals surface area contributed by atoms with Gasteiger partial charge in [-0.15, -0.1) is 11.6 Å². The van der Waals surface area contributed by atoms with E-state index in [1.807, 2.05) is 0 Å². The monoisotopic (exact) mass is 205 g/mol. The highest BCUT2D eigenvalue weighted by Gasteiger charge is 2.28. The van der Waals surface area contributed by atoms with Crippen LogP contribution in [0.15, 0.2) is 0 Å². The van der Waals surface area contributed by atoms with E-state index in [9.17, 15) is 4.79 Å². The van der Waals surface area contributed by atoms with E-state index in [2.05, 4.69) is 5.32 Å². The Bertz CT molecular complexity index is 184. The zero-order chi connectivity index (χ0) is 9.84. The first-order chi connectivity index (χ1) is 6.15. The van der Waals surface area contributed by atoms with Gasteiger partial charge < -0.3 is 10.4 Å². The minimum absolute atomic E-state index is 0.124. The summed E-state index contributed by atoms with van der Waals surface area (Å²) in [5.74, 6) is 0.0892. The van der Waals surface area contributed by atoms with Crippen LogP contribution in [-0.4, -0.2) is 29.0 Å². The van der Waals surface area contributed by atoms with Gasteiger partial charge in [-0.05, 0) is 19.8 Å². The number of carbonyl (C=O) groups excluding carboxylic acids is 1. The Kier molecular flexibility index (Phi) is 4.00. The molecule has 0 radical (unpaired) electrons. The van der Waals surface area contributed by atoms with Crippen molar-refractivity contribution in [3.63, 3.8) is 0 Å². The number of alkyl halides is 1. The van der Waals surface area contributed by atoms with Crippen LogP contribution in [0.3, 0.4) is 0 Å². The molecular formula is C9H16ClNO2. The van der Waals surface area contributed by atoms with Crippen molar-refractivity contribution in [1.29, 1.82) is 0 Å². The highest BCUT2D eigenvalue weighted by Crippen LogP contribution is 2.25. The Labute approximate surface area is 83.5 Å². The summed E-state index contributed by atoms with van der Waals surface area (Å²) in [7, 11) is 0. The van der Waals surface area contributed by atoms with Gasteiger partial charge >= 0.3 is 0 Å². The average Bonchev–Trinajstić information content (AvgIpc) is 2.51. The smallest absolute Gasteiger partial charge is 0.237 e. The highest BCUT2D eigenvalue weighted by molar-refractivity contribution is 6.30. The van der Waals surface area contributed by atoms with E-state index in [0.29, 0.717) is 0 Å². The van der Waals surface area contributed by atoms with E-state index in [-0.39, 0.29) is 24.5 Å². The molecule has 0 aromatic heterocycles. The van der Waals surface area contributed by atoms with Crippen LogP contribution in [0.5, 0.6) is 0 Å². The van der Waals surface area contributed by atoms with Gasteiger partial charge in [0.15, 0.2) is 0 Å². The van der Waals surface area contributed by atoms with Crippen LogP contribution >= 0.6 is 11.6 Å². The summed E-state index contributed by atoms with van der Waals surface area (Å²) in [6.07, 6.45) is 3.03. The van der Waals surface area contributed by atoms with Gasteiger partial charge in [-0.25, -0.2) is 0 Å². The third-order valence-electron chi connectivity index (χ3n) is 2.58. The van der Waals surface area contributed by atoms with Crippen LogP contribution in [0.4, 0.5) is 0 Å². The normalized spacial score (nSPS) is 30.1. The zero-order valence-electron chi connectivity index (χ0n) is 7.79. The fraction of sp³-hybridized carbons (Fsp3) is 0.889. The quantitative estimate of drug-likeness (QED) is 0.673. The van der Waals surface area contributed by atoms with Crippen LogP contribution < -0.4 is 5.32 Å². The lowest BCUT2D eigenvalue weighted by Gasteiger charge is -2.19. The second-order valence-electron chi connectivity index (χ2n) is 3.60. The first-order valence-corrected chi connectivity index (χ1v) is 5.14. The molecule has 1 aliphatic carbocycles. The molecule has 0 aromatic rings. The molecule has 76 valence electrons. The molecule has 1 aliphatic rings. The van der Waals surface area contributed by atoms with Crippen LogP contribution in [-0.2, 0) is 4.79 Å². The lowest BCUT2D eigenvalue weighted by Crippen LogP contribution is -2.41. The van der Waals surface area contributed by atoms with Crippen molar-refractivity contribution >= 4 is 17.5 Å². The van der Waals surface area contributed by atoms with E-state index in [4.69, 9.17) is 16.7 Å². The maximum absolute atomic E-state index is 11.2. The number of aliphatic hydroxyl groups is 1. The van der Waals surface area contributed by atoms with Crippen molar-refractivity contribution in [2.75, 3.05) is 6.61 Å². The lowest BCUT2D eigenvalue weighted by atomic mass is 10.1. The highest BCUT2D eigenvalue weighted by atomic mass is 35.5. The second-order valence-corrected chi connectivity index (χ2v) is 4.26. The number of hydrogen-bond acceptors (Lipinski definition) is 2. The Morgan fingerprint density at radius 3 is 2.92 bits per heavy atom. The Balaban J connectivity index is 2.39. The number of nitrogens with one attached hydrogen (secondary N) is 1. The van der Waals surface area contributed by atoms with Gasteiger partial charge in [0.2, 0.25) is 5.91 Å². The average molecular weight is 206 g/mol. The fourth-order valence-corrected chi connectivity index (χ4v) is 1.81. The first kappa shape index (κ1) is 10.8. The van der Waals surface area contributed by atoms with Crippen molar-refractivity contribution < 1.29 is 9.90 Å². The molecule has 1 saturated carbocycles. The molecule has 1 rings (SSSR count). The zero-order valence-corrected chi connectivity index (χ0v) is 8.55. The topological polar surface area (TPSA) is 49.3 Å². The molecule has 0 aromatic carbocycles. The SMILES string of the molecule is CC(Cl)C(=O)NC1CCCC1CO. The van der Waals surface area contributed by atoms with Gasteiger partial charge in [-0.3, -0.25) is 4.79 Å². The molecule has 0 aliphatic heterocycles. The number of rotatable bonds is 3. The minimum Gasteiger partial charge on any atom is -0.396 e. The fourth-order valence-electron chi connectivity index (χ4n) is 1.74. The number of halogens is 1. The molecule has 3 nitrogen and oxygen atoms in total. The van der Waals surface area contributed by atoms with Crippen molar-refractivity contribution in [3.8, 4) is 0 Å². The van der Waals surface area contributed by atoms with Crippen molar-refractivity contribution in [2.45, 2.75) is 37.6 Å². The van der Waals surface area contributed by atoms with E-state index in [1.54, 1.807) is 6.92 Å². The molecular weight excluding hydrogens is 190 g/mol. The van der Waals surface area contributed by atoms with Crippen molar-refractivity contribution in [3.05, 3.63) is 0 Å². The summed E-state index contributed by atoms with van der Waals surface area (Å²) in [4.78, 5) is 11.2. The largest absolute Gasteiger partial charge is 0.396 e. The molecule has 0 saturated heterocycles. The summed E-state index contributed by atoms with van der Waals surface area (Å²) in [5, 5.41) is 11.4. The molecule has 3 unspecified atom stereocenters. The second kappa shape index (κ2) is 4.82. The number of hydrogen-bond donors (Lipinski definition) is 2. The summed E-state index contributed by atoms with van der Waals surface area (Å²) >= 11 is 5.62. The Morgan fingerprint density at radius 1 is 1.69 bits per heavy atom. The maximum atomic E-state index is 11.2. The van der Waals surface area contributed by atoms with Crippen molar-refractivity contribution in [1.82, 2.24) is 5.32 Å². The predicted octanol–water partition coefficient (Wildman–Crippen LogP) is 0.891. The van der Waals surface area contributed by atoms with Crippen molar-refractivity contribution in [2.24, 2.45) is 5.92 Å². The van der Waals surface area contributed by atoms with Gasteiger partial charge in [0, 0.05) is 18.6 Å².